The number of nitrogens with one attached hydrogen (secondary N) is 1. The van der Waals surface area contributed by atoms with Crippen molar-refractivity contribution in [3.63, 3.8) is 0 Å². The largest absolute Gasteiger partial charge is 0.355 e. The van der Waals surface area contributed by atoms with E-state index >= 15 is 0 Å². The zero-order valence-electron chi connectivity index (χ0n) is 16.8. The summed E-state index contributed by atoms with van der Waals surface area (Å²) in [6, 6.07) is 7.95. The first-order valence-corrected chi connectivity index (χ1v) is 10.4. The van der Waals surface area contributed by atoms with Gasteiger partial charge in [-0.15, -0.1) is 11.3 Å². The van der Waals surface area contributed by atoms with Gasteiger partial charge in [0.1, 0.15) is 11.4 Å². The van der Waals surface area contributed by atoms with E-state index in [9.17, 15) is 14.4 Å². The molecule has 0 aliphatic rings. The quantitative estimate of drug-likeness (QED) is 0.646. The van der Waals surface area contributed by atoms with Gasteiger partial charge in [0.2, 0.25) is 11.8 Å². The second kappa shape index (κ2) is 9.00. The Bertz CT molecular complexity index is 1090. The van der Waals surface area contributed by atoms with E-state index in [2.05, 4.69) is 10.3 Å². The fraction of sp³-hybridized carbons (Fsp3) is 0.333. The van der Waals surface area contributed by atoms with Crippen LogP contribution in [0, 0.1) is 6.92 Å². The Kier molecular flexibility index (Phi) is 6.43. The minimum Gasteiger partial charge on any atom is -0.355 e. The van der Waals surface area contributed by atoms with Gasteiger partial charge >= 0.3 is 0 Å². The third-order valence-electron chi connectivity index (χ3n) is 4.67. The molecule has 2 amide bonds. The summed E-state index contributed by atoms with van der Waals surface area (Å²) < 4.78 is 1.31. The summed E-state index contributed by atoms with van der Waals surface area (Å²) in [5.41, 5.74) is 2.64. The lowest BCUT2D eigenvalue weighted by molar-refractivity contribution is -0.136. The monoisotopic (exact) mass is 412 g/mol. The van der Waals surface area contributed by atoms with E-state index in [-0.39, 0.29) is 30.5 Å². The minimum absolute atomic E-state index is 0.0271. The van der Waals surface area contributed by atoms with Crippen LogP contribution in [0.15, 0.2) is 40.8 Å². The predicted molar refractivity (Wildman–Crippen MR) is 115 cm³/mol. The van der Waals surface area contributed by atoms with Crippen molar-refractivity contribution in [2.24, 2.45) is 0 Å². The van der Waals surface area contributed by atoms with Gasteiger partial charge in [-0.1, -0.05) is 29.8 Å². The Hall–Kier alpha value is -3.00. The molecule has 3 rings (SSSR count). The topological polar surface area (TPSA) is 84.3 Å². The SMILES string of the molecule is CCNC(=O)CN(CC)C(=O)Cn1cnc2scc(-c3ccc(C)cc3)c2c1=O. The van der Waals surface area contributed by atoms with Crippen LogP contribution in [0.4, 0.5) is 0 Å². The fourth-order valence-corrected chi connectivity index (χ4v) is 3.98. The molecule has 1 aromatic carbocycles. The van der Waals surface area contributed by atoms with E-state index in [1.165, 1.54) is 27.1 Å². The first-order chi connectivity index (χ1) is 13.9. The number of aryl methyl sites for hydroxylation is 1. The summed E-state index contributed by atoms with van der Waals surface area (Å²) in [5, 5.41) is 5.11. The van der Waals surface area contributed by atoms with Gasteiger partial charge in [0.25, 0.3) is 5.56 Å². The Morgan fingerprint density at radius 2 is 1.93 bits per heavy atom. The minimum atomic E-state index is -0.297. The third-order valence-corrected chi connectivity index (χ3v) is 5.56. The van der Waals surface area contributed by atoms with E-state index in [4.69, 9.17) is 0 Å². The summed E-state index contributed by atoms with van der Waals surface area (Å²) in [5.74, 6) is -0.516. The van der Waals surface area contributed by atoms with Crippen molar-refractivity contribution in [1.82, 2.24) is 19.8 Å². The van der Waals surface area contributed by atoms with E-state index in [1.54, 1.807) is 6.92 Å². The molecule has 0 spiro atoms. The molecule has 0 radical (unpaired) electrons. The summed E-state index contributed by atoms with van der Waals surface area (Å²) in [6.07, 6.45) is 1.40. The average Bonchev–Trinajstić information content (AvgIpc) is 3.14. The van der Waals surface area contributed by atoms with Crippen LogP contribution in [0.2, 0.25) is 0 Å². The summed E-state index contributed by atoms with van der Waals surface area (Å²) in [7, 11) is 0. The molecule has 0 saturated carbocycles. The predicted octanol–water partition coefficient (Wildman–Crippen LogP) is 2.42. The maximum atomic E-state index is 13.1. The van der Waals surface area contributed by atoms with Crippen molar-refractivity contribution in [3.05, 3.63) is 51.9 Å². The highest BCUT2D eigenvalue weighted by atomic mass is 32.1. The van der Waals surface area contributed by atoms with Crippen LogP contribution in [-0.2, 0) is 16.1 Å². The molecule has 0 aliphatic carbocycles. The molecule has 2 aromatic heterocycles. The fourth-order valence-electron chi connectivity index (χ4n) is 3.07. The number of thiophene rings is 1. The van der Waals surface area contributed by atoms with E-state index in [1.807, 2.05) is 43.5 Å². The van der Waals surface area contributed by atoms with Gasteiger partial charge in [0.05, 0.1) is 18.3 Å². The molecular weight excluding hydrogens is 388 g/mol. The third kappa shape index (κ3) is 4.54. The number of rotatable bonds is 7. The van der Waals surface area contributed by atoms with Crippen LogP contribution in [-0.4, -0.2) is 45.9 Å². The van der Waals surface area contributed by atoms with Gasteiger partial charge < -0.3 is 10.2 Å². The molecular formula is C21H24N4O3S. The van der Waals surface area contributed by atoms with Crippen molar-refractivity contribution >= 4 is 33.4 Å². The average molecular weight is 413 g/mol. The van der Waals surface area contributed by atoms with Crippen molar-refractivity contribution in [3.8, 4) is 11.1 Å². The van der Waals surface area contributed by atoms with Crippen molar-refractivity contribution < 1.29 is 9.59 Å². The van der Waals surface area contributed by atoms with Crippen molar-refractivity contribution in [2.45, 2.75) is 27.3 Å². The van der Waals surface area contributed by atoms with Gasteiger partial charge in [0, 0.05) is 24.0 Å². The second-order valence-electron chi connectivity index (χ2n) is 6.73. The molecule has 7 nitrogen and oxygen atoms in total. The van der Waals surface area contributed by atoms with Gasteiger partial charge in [0.15, 0.2) is 0 Å². The Labute approximate surface area is 173 Å². The molecule has 0 atom stereocenters. The molecule has 2 heterocycles. The molecule has 3 aromatic rings. The van der Waals surface area contributed by atoms with Gasteiger partial charge in [-0.25, -0.2) is 4.98 Å². The lowest BCUT2D eigenvalue weighted by Crippen LogP contribution is -2.42. The molecule has 152 valence electrons. The number of likely N-dealkylation sites (N-methyl/N-ethyl adjacent to an activating group) is 2. The number of aromatic nitrogens is 2. The van der Waals surface area contributed by atoms with Crippen molar-refractivity contribution in [1.29, 1.82) is 0 Å². The summed E-state index contributed by atoms with van der Waals surface area (Å²) >= 11 is 1.41. The van der Waals surface area contributed by atoms with Crippen LogP contribution in [0.1, 0.15) is 19.4 Å². The number of benzene rings is 1. The first-order valence-electron chi connectivity index (χ1n) is 9.52. The van der Waals surface area contributed by atoms with Crippen LogP contribution < -0.4 is 10.9 Å². The van der Waals surface area contributed by atoms with Gasteiger partial charge in [-0.3, -0.25) is 19.0 Å². The maximum Gasteiger partial charge on any atom is 0.263 e. The van der Waals surface area contributed by atoms with Crippen LogP contribution in [0.3, 0.4) is 0 Å². The number of hydrogen-bond donors (Lipinski definition) is 1. The van der Waals surface area contributed by atoms with Crippen LogP contribution >= 0.6 is 11.3 Å². The van der Waals surface area contributed by atoms with Crippen LogP contribution in [0.25, 0.3) is 21.3 Å². The Morgan fingerprint density at radius 1 is 1.21 bits per heavy atom. The number of hydrogen-bond acceptors (Lipinski definition) is 5. The molecule has 8 heteroatoms. The van der Waals surface area contributed by atoms with E-state index in [0.717, 1.165) is 16.7 Å². The van der Waals surface area contributed by atoms with E-state index in [0.29, 0.717) is 23.3 Å². The number of fused-ring (bicyclic) bond motifs is 1. The molecule has 0 unspecified atom stereocenters. The molecule has 0 bridgehead atoms. The normalized spacial score (nSPS) is 10.9. The molecule has 29 heavy (non-hydrogen) atoms. The van der Waals surface area contributed by atoms with Gasteiger partial charge in [-0.05, 0) is 26.3 Å². The Morgan fingerprint density at radius 3 is 2.59 bits per heavy atom. The highest BCUT2D eigenvalue weighted by Crippen LogP contribution is 2.30. The number of carbonyl (C=O) groups is 2. The lowest BCUT2D eigenvalue weighted by Gasteiger charge is -2.20. The summed E-state index contributed by atoms with van der Waals surface area (Å²) in [4.78, 5) is 44.0. The summed E-state index contributed by atoms with van der Waals surface area (Å²) in [6.45, 7) is 6.34. The zero-order chi connectivity index (χ0) is 21.0. The Balaban J connectivity index is 1.90. The number of amides is 2. The first kappa shape index (κ1) is 20.7. The number of carbonyl (C=O) groups excluding carboxylic acids is 2. The zero-order valence-corrected chi connectivity index (χ0v) is 17.6. The highest BCUT2D eigenvalue weighted by molar-refractivity contribution is 7.17. The van der Waals surface area contributed by atoms with Gasteiger partial charge in [-0.2, -0.15) is 0 Å². The molecule has 0 aliphatic heterocycles. The van der Waals surface area contributed by atoms with Crippen molar-refractivity contribution in [2.75, 3.05) is 19.6 Å². The smallest absolute Gasteiger partial charge is 0.263 e. The van der Waals surface area contributed by atoms with Crippen LogP contribution in [0.5, 0.6) is 0 Å². The highest BCUT2D eigenvalue weighted by Gasteiger charge is 2.18. The maximum absolute atomic E-state index is 13.1. The standard InChI is InChI=1S/C21H24N4O3S/c1-4-22-17(26)10-24(5-2)18(27)11-25-13-23-20-19(21(25)28)16(12-29-20)15-8-6-14(3)7-9-15/h6-9,12-13H,4-5,10-11H2,1-3H3,(H,22,26). The molecule has 1 N–H and O–H groups in total. The van der Waals surface area contributed by atoms with E-state index < -0.39 is 0 Å². The molecule has 0 fully saturated rings. The second-order valence-corrected chi connectivity index (χ2v) is 7.59. The molecule has 0 saturated heterocycles. The number of nitrogens with zero attached hydrogens (tertiary/aromatic N) is 3. The lowest BCUT2D eigenvalue weighted by atomic mass is 10.1.